The SMILES string of the molecule is [B]C(C)(O)CC1CC(CCC)CC1C. The third kappa shape index (κ3) is 3.64. The van der Waals surface area contributed by atoms with Crippen LogP contribution in [0.2, 0.25) is 0 Å². The van der Waals surface area contributed by atoms with Gasteiger partial charge in [0, 0.05) is 5.50 Å². The van der Waals surface area contributed by atoms with E-state index < -0.39 is 5.50 Å². The summed E-state index contributed by atoms with van der Waals surface area (Å²) in [5.41, 5.74) is -0.972. The van der Waals surface area contributed by atoms with Crippen LogP contribution in [0.3, 0.4) is 0 Å². The van der Waals surface area contributed by atoms with Gasteiger partial charge in [-0.15, -0.1) is 0 Å². The molecule has 0 aromatic heterocycles. The first-order chi connectivity index (χ1) is 6.42. The van der Waals surface area contributed by atoms with Gasteiger partial charge in [0.1, 0.15) is 7.85 Å². The van der Waals surface area contributed by atoms with Gasteiger partial charge < -0.3 is 5.11 Å². The predicted molar refractivity (Wildman–Crippen MR) is 61.3 cm³/mol. The van der Waals surface area contributed by atoms with Gasteiger partial charge in [0.25, 0.3) is 0 Å². The van der Waals surface area contributed by atoms with Crippen LogP contribution in [-0.4, -0.2) is 18.5 Å². The molecule has 1 N–H and O–H groups in total. The predicted octanol–water partition coefficient (Wildman–Crippen LogP) is 2.72. The fraction of sp³-hybridized carbons (Fsp3) is 1.00. The molecule has 1 nitrogen and oxygen atoms in total. The van der Waals surface area contributed by atoms with E-state index in [1.165, 1.54) is 25.7 Å². The van der Waals surface area contributed by atoms with Crippen LogP contribution in [-0.2, 0) is 0 Å². The minimum atomic E-state index is -0.972. The second kappa shape index (κ2) is 4.70. The summed E-state index contributed by atoms with van der Waals surface area (Å²) in [6.07, 6.45) is 5.97. The highest BCUT2D eigenvalue weighted by atomic mass is 16.3. The summed E-state index contributed by atoms with van der Waals surface area (Å²) in [5.74, 6) is 2.25. The Morgan fingerprint density at radius 3 is 2.57 bits per heavy atom. The van der Waals surface area contributed by atoms with Crippen LogP contribution in [0.1, 0.15) is 52.9 Å². The van der Waals surface area contributed by atoms with E-state index >= 15 is 0 Å². The fourth-order valence-electron chi connectivity index (χ4n) is 2.93. The standard InChI is InChI=1S/C12H23BO/c1-4-5-10-6-9(2)11(7-10)8-12(3,13)14/h9-11,14H,4-8H2,1-3H3. The third-order valence-electron chi connectivity index (χ3n) is 3.52. The maximum atomic E-state index is 9.59. The average molecular weight is 194 g/mol. The Morgan fingerprint density at radius 1 is 1.43 bits per heavy atom. The Morgan fingerprint density at radius 2 is 2.07 bits per heavy atom. The molecule has 0 saturated heterocycles. The molecular formula is C12H23BO. The fourth-order valence-corrected chi connectivity index (χ4v) is 2.93. The molecule has 1 saturated carbocycles. The van der Waals surface area contributed by atoms with E-state index in [9.17, 15) is 5.11 Å². The zero-order valence-electron chi connectivity index (χ0n) is 9.79. The number of aliphatic hydroxyl groups is 1. The first-order valence-electron chi connectivity index (χ1n) is 5.93. The number of rotatable bonds is 4. The summed E-state index contributed by atoms with van der Waals surface area (Å²) in [5, 5.41) is 9.59. The molecular weight excluding hydrogens is 171 g/mol. The largest absolute Gasteiger partial charge is 0.400 e. The smallest absolute Gasteiger partial charge is 0.112 e. The van der Waals surface area contributed by atoms with Crippen molar-refractivity contribution in [1.29, 1.82) is 0 Å². The van der Waals surface area contributed by atoms with Gasteiger partial charge in [0.05, 0.1) is 0 Å². The molecule has 0 spiro atoms. The molecule has 4 unspecified atom stereocenters. The third-order valence-corrected chi connectivity index (χ3v) is 3.52. The Labute approximate surface area is 89.7 Å². The Kier molecular flexibility index (Phi) is 4.06. The zero-order chi connectivity index (χ0) is 10.8. The van der Waals surface area contributed by atoms with Crippen molar-refractivity contribution in [2.45, 2.75) is 58.4 Å². The number of hydrogen-bond acceptors (Lipinski definition) is 1. The second-order valence-corrected chi connectivity index (χ2v) is 5.42. The normalized spacial score (nSPS) is 37.0. The Bertz CT molecular complexity index is 174. The van der Waals surface area contributed by atoms with Crippen molar-refractivity contribution in [1.82, 2.24) is 0 Å². The average Bonchev–Trinajstić information content (AvgIpc) is 2.29. The summed E-state index contributed by atoms with van der Waals surface area (Å²) < 4.78 is 0. The molecule has 0 bridgehead atoms. The molecule has 1 rings (SSSR count). The Balaban J connectivity index is 2.40. The van der Waals surface area contributed by atoms with Crippen molar-refractivity contribution in [2.24, 2.45) is 17.8 Å². The van der Waals surface area contributed by atoms with Crippen LogP contribution in [0.15, 0.2) is 0 Å². The monoisotopic (exact) mass is 194 g/mol. The highest BCUT2D eigenvalue weighted by Gasteiger charge is 2.33. The van der Waals surface area contributed by atoms with Crippen LogP contribution in [0.25, 0.3) is 0 Å². The maximum absolute atomic E-state index is 9.59. The summed E-state index contributed by atoms with van der Waals surface area (Å²) in [6, 6.07) is 0. The molecule has 2 heteroatoms. The van der Waals surface area contributed by atoms with Crippen LogP contribution >= 0.6 is 0 Å². The summed E-state index contributed by atoms with van der Waals surface area (Å²) in [6.45, 7) is 6.26. The van der Waals surface area contributed by atoms with Gasteiger partial charge in [-0.1, -0.05) is 26.7 Å². The molecule has 1 aliphatic carbocycles. The molecule has 4 atom stereocenters. The molecule has 0 heterocycles. The van der Waals surface area contributed by atoms with Gasteiger partial charge in [0.2, 0.25) is 0 Å². The van der Waals surface area contributed by atoms with E-state index in [0.29, 0.717) is 5.92 Å². The van der Waals surface area contributed by atoms with Gasteiger partial charge in [0.15, 0.2) is 0 Å². The molecule has 2 radical (unpaired) electrons. The molecule has 0 aromatic rings. The lowest BCUT2D eigenvalue weighted by atomic mass is 9.74. The Hall–Kier alpha value is 0.0249. The van der Waals surface area contributed by atoms with Gasteiger partial charge in [-0.2, -0.15) is 0 Å². The minimum absolute atomic E-state index is 0.631. The highest BCUT2D eigenvalue weighted by molar-refractivity contribution is 6.13. The highest BCUT2D eigenvalue weighted by Crippen LogP contribution is 2.41. The van der Waals surface area contributed by atoms with E-state index in [2.05, 4.69) is 13.8 Å². The second-order valence-electron chi connectivity index (χ2n) is 5.42. The molecule has 1 aliphatic rings. The van der Waals surface area contributed by atoms with Crippen molar-refractivity contribution < 1.29 is 5.11 Å². The van der Waals surface area contributed by atoms with Crippen molar-refractivity contribution in [2.75, 3.05) is 0 Å². The van der Waals surface area contributed by atoms with E-state index in [4.69, 9.17) is 7.85 Å². The number of hydrogen-bond donors (Lipinski definition) is 1. The molecule has 14 heavy (non-hydrogen) atoms. The summed E-state index contributed by atoms with van der Waals surface area (Å²) in [7, 11) is 5.65. The molecule has 0 amide bonds. The van der Waals surface area contributed by atoms with E-state index in [1.54, 1.807) is 6.92 Å². The molecule has 1 fully saturated rings. The van der Waals surface area contributed by atoms with Crippen LogP contribution < -0.4 is 0 Å². The van der Waals surface area contributed by atoms with E-state index in [0.717, 1.165) is 18.3 Å². The van der Waals surface area contributed by atoms with E-state index in [-0.39, 0.29) is 0 Å². The van der Waals surface area contributed by atoms with Gasteiger partial charge in [-0.05, 0) is 43.9 Å². The van der Waals surface area contributed by atoms with Crippen molar-refractivity contribution in [3.8, 4) is 0 Å². The summed E-state index contributed by atoms with van der Waals surface area (Å²) >= 11 is 0. The first-order valence-corrected chi connectivity index (χ1v) is 5.93. The van der Waals surface area contributed by atoms with Crippen LogP contribution in [0, 0.1) is 17.8 Å². The van der Waals surface area contributed by atoms with Crippen LogP contribution in [0.5, 0.6) is 0 Å². The zero-order valence-corrected chi connectivity index (χ0v) is 9.79. The minimum Gasteiger partial charge on any atom is -0.400 e. The van der Waals surface area contributed by atoms with Gasteiger partial charge in [-0.3, -0.25) is 0 Å². The lowest BCUT2D eigenvalue weighted by Crippen LogP contribution is -2.28. The van der Waals surface area contributed by atoms with Crippen LogP contribution in [0.4, 0.5) is 0 Å². The topological polar surface area (TPSA) is 20.2 Å². The maximum Gasteiger partial charge on any atom is 0.112 e. The first kappa shape index (κ1) is 12.1. The van der Waals surface area contributed by atoms with E-state index in [1.807, 2.05) is 0 Å². The molecule has 0 aromatic carbocycles. The quantitative estimate of drug-likeness (QED) is 0.682. The van der Waals surface area contributed by atoms with Crippen molar-refractivity contribution in [3.05, 3.63) is 0 Å². The van der Waals surface area contributed by atoms with Gasteiger partial charge in [-0.25, -0.2) is 0 Å². The molecule has 0 aliphatic heterocycles. The molecule has 80 valence electrons. The van der Waals surface area contributed by atoms with Crippen molar-refractivity contribution in [3.63, 3.8) is 0 Å². The summed E-state index contributed by atoms with van der Waals surface area (Å²) in [4.78, 5) is 0. The van der Waals surface area contributed by atoms with Gasteiger partial charge >= 0.3 is 0 Å². The lowest BCUT2D eigenvalue weighted by Gasteiger charge is -2.25. The van der Waals surface area contributed by atoms with Crippen molar-refractivity contribution >= 4 is 7.85 Å². The lowest BCUT2D eigenvalue weighted by molar-refractivity contribution is 0.108.